The third-order valence-electron chi connectivity index (χ3n) is 5.31. The van der Waals surface area contributed by atoms with Crippen LogP contribution in [0.5, 0.6) is 0 Å². The molecule has 1 aliphatic heterocycles. The Labute approximate surface area is 186 Å². The summed E-state index contributed by atoms with van der Waals surface area (Å²) in [5, 5.41) is 6.54. The van der Waals surface area contributed by atoms with Crippen LogP contribution in [0.4, 0.5) is 0 Å². The van der Waals surface area contributed by atoms with Gasteiger partial charge in [0.25, 0.3) is 5.91 Å². The Morgan fingerprint density at radius 2 is 1.84 bits per heavy atom. The van der Waals surface area contributed by atoms with E-state index in [9.17, 15) is 9.59 Å². The number of fused-ring (bicyclic) bond motifs is 1. The molecule has 2 aromatic carbocycles. The second-order valence-electron chi connectivity index (χ2n) is 7.82. The summed E-state index contributed by atoms with van der Waals surface area (Å²) in [4.78, 5) is 29.0. The minimum Gasteiger partial charge on any atom is -0.362 e. The third kappa shape index (κ3) is 4.78. The van der Waals surface area contributed by atoms with Gasteiger partial charge >= 0.3 is 0 Å². The number of carbonyl (C=O) groups excluding carboxylic acids is 1. The van der Waals surface area contributed by atoms with Crippen LogP contribution in [0.3, 0.4) is 0 Å². The predicted octanol–water partition coefficient (Wildman–Crippen LogP) is 4.88. The van der Waals surface area contributed by atoms with E-state index in [0.29, 0.717) is 28.7 Å². The van der Waals surface area contributed by atoms with Gasteiger partial charge in [0.1, 0.15) is 5.56 Å². The Hall–Kier alpha value is -4.12. The van der Waals surface area contributed by atoms with Crippen LogP contribution in [-0.4, -0.2) is 10.9 Å². The number of para-hydroxylation sites is 1. The van der Waals surface area contributed by atoms with Crippen molar-refractivity contribution in [3.05, 3.63) is 125 Å². The van der Waals surface area contributed by atoms with Crippen LogP contribution < -0.4 is 16.1 Å². The number of allylic oxidation sites excluding steroid dienone is 4. The largest absolute Gasteiger partial charge is 0.362 e. The second kappa shape index (κ2) is 9.35. The molecule has 0 fully saturated rings. The molecular formula is C27H25N3O2. The highest BCUT2D eigenvalue weighted by molar-refractivity contribution is 5.98. The minimum atomic E-state index is -0.455. The van der Waals surface area contributed by atoms with Gasteiger partial charge in [-0.3, -0.25) is 9.59 Å². The van der Waals surface area contributed by atoms with E-state index in [0.717, 1.165) is 11.1 Å². The van der Waals surface area contributed by atoms with E-state index in [4.69, 9.17) is 0 Å². The maximum atomic E-state index is 13.1. The summed E-state index contributed by atoms with van der Waals surface area (Å²) in [5.74, 6) is -0.270. The lowest BCUT2D eigenvalue weighted by Crippen LogP contribution is -2.29. The van der Waals surface area contributed by atoms with Gasteiger partial charge in [0.2, 0.25) is 5.43 Å². The number of rotatable bonds is 3. The molecule has 1 aromatic heterocycles. The van der Waals surface area contributed by atoms with Crippen molar-refractivity contribution in [2.24, 2.45) is 5.92 Å². The van der Waals surface area contributed by atoms with E-state index in [1.54, 1.807) is 18.2 Å². The summed E-state index contributed by atoms with van der Waals surface area (Å²) in [6.45, 7) is 6.12. The van der Waals surface area contributed by atoms with Crippen molar-refractivity contribution in [3.63, 3.8) is 0 Å². The highest BCUT2D eigenvalue weighted by Crippen LogP contribution is 2.25. The Kier molecular flexibility index (Phi) is 6.17. The fourth-order valence-electron chi connectivity index (χ4n) is 3.73. The molecule has 0 saturated carbocycles. The fourth-order valence-corrected chi connectivity index (χ4v) is 3.73. The number of pyridine rings is 1. The van der Waals surface area contributed by atoms with Gasteiger partial charge in [0, 0.05) is 34.9 Å². The molecule has 1 amide bonds. The van der Waals surface area contributed by atoms with Crippen LogP contribution in [0.2, 0.25) is 0 Å². The summed E-state index contributed by atoms with van der Waals surface area (Å²) in [6, 6.07) is 17.2. The number of carbonyl (C=O) groups is 1. The predicted molar refractivity (Wildman–Crippen MR) is 130 cm³/mol. The molecule has 0 saturated heterocycles. The van der Waals surface area contributed by atoms with Crippen molar-refractivity contribution < 1.29 is 4.79 Å². The number of aromatic amines is 1. The van der Waals surface area contributed by atoms with Crippen molar-refractivity contribution in [2.75, 3.05) is 0 Å². The lowest BCUT2D eigenvalue weighted by molar-refractivity contribution is 0.0964. The third-order valence-corrected chi connectivity index (χ3v) is 5.31. The first kappa shape index (κ1) is 21.1. The topological polar surface area (TPSA) is 74.0 Å². The number of aromatic nitrogens is 1. The van der Waals surface area contributed by atoms with Gasteiger partial charge in [-0.25, -0.2) is 0 Å². The highest BCUT2D eigenvalue weighted by atomic mass is 16.2. The number of hydrogen-bond donors (Lipinski definition) is 3. The van der Waals surface area contributed by atoms with Gasteiger partial charge in [0.05, 0.1) is 0 Å². The zero-order valence-electron chi connectivity index (χ0n) is 17.9. The quantitative estimate of drug-likeness (QED) is 0.562. The molecule has 0 radical (unpaired) electrons. The van der Waals surface area contributed by atoms with Crippen molar-refractivity contribution in [1.82, 2.24) is 15.6 Å². The van der Waals surface area contributed by atoms with E-state index in [1.165, 1.54) is 6.20 Å². The normalized spacial score (nSPS) is 20.9. The summed E-state index contributed by atoms with van der Waals surface area (Å²) in [5.41, 5.74) is 3.91. The molecule has 3 aromatic rings. The van der Waals surface area contributed by atoms with E-state index in [-0.39, 0.29) is 16.9 Å². The maximum absolute atomic E-state index is 13.1. The standard InChI is InChI=1S/C27H25N3O2/c1-18-12-13-28-19(2)15-22(16-21(14-18)20-8-4-3-5-9-20)30-27(32)24-17-29-25-11-7-6-10-23(25)26(24)31/h3-15,17-18,28H,2,16H2,1H3,(H,29,31)(H,30,32)/b13-12-,21-14+,22-15+. The number of amides is 1. The Morgan fingerprint density at radius 1 is 1.09 bits per heavy atom. The van der Waals surface area contributed by atoms with E-state index >= 15 is 0 Å². The van der Waals surface area contributed by atoms with Crippen LogP contribution in [-0.2, 0) is 0 Å². The maximum Gasteiger partial charge on any atom is 0.260 e. The smallest absolute Gasteiger partial charge is 0.260 e. The molecule has 1 unspecified atom stereocenters. The van der Waals surface area contributed by atoms with Crippen molar-refractivity contribution in [3.8, 4) is 0 Å². The molecule has 0 bridgehead atoms. The van der Waals surface area contributed by atoms with Crippen molar-refractivity contribution in [2.45, 2.75) is 13.3 Å². The average molecular weight is 424 g/mol. The van der Waals surface area contributed by atoms with Crippen LogP contribution in [0.15, 0.2) is 108 Å². The number of benzene rings is 2. The number of hydrogen-bond acceptors (Lipinski definition) is 3. The molecular weight excluding hydrogens is 398 g/mol. The molecule has 32 heavy (non-hydrogen) atoms. The summed E-state index contributed by atoms with van der Waals surface area (Å²) in [6.07, 6.45) is 9.82. The highest BCUT2D eigenvalue weighted by Gasteiger charge is 2.16. The molecule has 5 nitrogen and oxygen atoms in total. The molecule has 3 N–H and O–H groups in total. The second-order valence-corrected chi connectivity index (χ2v) is 7.82. The molecule has 1 atom stereocenters. The van der Waals surface area contributed by atoms with Gasteiger partial charge in [-0.15, -0.1) is 0 Å². The molecule has 160 valence electrons. The molecule has 0 spiro atoms. The molecule has 0 aliphatic carbocycles. The van der Waals surface area contributed by atoms with E-state index in [1.807, 2.05) is 36.5 Å². The SMILES string of the molecule is C=C1/C=C(/NC(=O)c2c[nH]c3ccccc3c2=O)C/C(c2ccccc2)=C\C(C)/C=C\N1. The summed E-state index contributed by atoms with van der Waals surface area (Å²) in [7, 11) is 0. The van der Waals surface area contributed by atoms with Crippen LogP contribution in [0.25, 0.3) is 16.5 Å². The molecule has 2 heterocycles. The van der Waals surface area contributed by atoms with Crippen LogP contribution in [0, 0.1) is 5.92 Å². The van der Waals surface area contributed by atoms with Crippen molar-refractivity contribution in [1.29, 1.82) is 0 Å². The van der Waals surface area contributed by atoms with Gasteiger partial charge in [-0.2, -0.15) is 0 Å². The summed E-state index contributed by atoms with van der Waals surface area (Å²) >= 11 is 0. The minimum absolute atomic E-state index is 0.0683. The Morgan fingerprint density at radius 3 is 2.66 bits per heavy atom. The monoisotopic (exact) mass is 423 g/mol. The lowest BCUT2D eigenvalue weighted by Gasteiger charge is -2.17. The first-order valence-corrected chi connectivity index (χ1v) is 10.5. The zero-order chi connectivity index (χ0) is 22.5. The molecule has 1 aliphatic rings. The first-order valence-electron chi connectivity index (χ1n) is 10.5. The van der Waals surface area contributed by atoms with Gasteiger partial charge < -0.3 is 15.6 Å². The van der Waals surface area contributed by atoms with Gasteiger partial charge in [-0.1, -0.05) is 68.1 Å². The zero-order valence-corrected chi connectivity index (χ0v) is 17.9. The Bertz CT molecular complexity index is 1310. The lowest BCUT2D eigenvalue weighted by atomic mass is 9.96. The molecule has 4 rings (SSSR count). The van der Waals surface area contributed by atoms with E-state index < -0.39 is 5.91 Å². The Balaban J connectivity index is 1.69. The number of nitrogens with one attached hydrogen (secondary N) is 3. The fraction of sp³-hybridized carbons (Fsp3) is 0.111. The van der Waals surface area contributed by atoms with Crippen molar-refractivity contribution >= 4 is 22.4 Å². The first-order chi connectivity index (χ1) is 15.5. The van der Waals surface area contributed by atoms with Gasteiger partial charge in [0.15, 0.2) is 0 Å². The van der Waals surface area contributed by atoms with Crippen LogP contribution in [0.1, 0.15) is 29.3 Å². The molecule has 5 heteroatoms. The number of H-pyrrole nitrogens is 1. The summed E-state index contributed by atoms with van der Waals surface area (Å²) < 4.78 is 0. The van der Waals surface area contributed by atoms with Crippen LogP contribution >= 0.6 is 0 Å². The van der Waals surface area contributed by atoms with Gasteiger partial charge in [-0.05, 0) is 41.5 Å². The van der Waals surface area contributed by atoms with E-state index in [2.05, 4.69) is 53.4 Å². The average Bonchev–Trinajstić information content (AvgIpc) is 2.79.